The number of anilines is 1. The number of hydrogen-bond acceptors (Lipinski definition) is 6. The van der Waals surface area contributed by atoms with E-state index in [1.165, 1.54) is 35.6 Å². The summed E-state index contributed by atoms with van der Waals surface area (Å²) in [7, 11) is 0. The third kappa shape index (κ3) is 2.83. The molecule has 8 heteroatoms. The lowest BCUT2D eigenvalue weighted by molar-refractivity contribution is 0.0962. The summed E-state index contributed by atoms with van der Waals surface area (Å²) in [5.74, 6) is 0.597. The Morgan fingerprint density at radius 2 is 1.83 bits per heavy atom. The Morgan fingerprint density at radius 3 is 2.58 bits per heavy atom. The number of fused-ring (bicyclic) bond motifs is 2. The number of hydrazine groups is 1. The molecule has 0 spiro atoms. The maximum atomic E-state index is 12.9. The van der Waals surface area contributed by atoms with Crippen molar-refractivity contribution in [2.24, 2.45) is 0 Å². The van der Waals surface area contributed by atoms with E-state index < -0.39 is 0 Å². The highest BCUT2D eigenvalue weighted by molar-refractivity contribution is 7.22. The number of carbonyl (C=O) groups excluding carboxylic acids is 1. The van der Waals surface area contributed by atoms with Crippen LogP contribution in [0.4, 0.5) is 9.52 Å². The van der Waals surface area contributed by atoms with Crippen LogP contribution in [-0.2, 0) is 0 Å². The topological polar surface area (TPSA) is 72.5 Å². The summed E-state index contributed by atoms with van der Waals surface area (Å²) in [5, 5.41) is 0.530. The van der Waals surface area contributed by atoms with Crippen LogP contribution in [0.3, 0.4) is 0 Å². The summed E-state index contributed by atoms with van der Waals surface area (Å²) in [4.78, 5) is 16.4. The molecule has 0 saturated carbocycles. The van der Waals surface area contributed by atoms with Gasteiger partial charge in [-0.25, -0.2) is 9.37 Å². The molecule has 1 aromatic heterocycles. The van der Waals surface area contributed by atoms with Crippen molar-refractivity contribution in [3.63, 3.8) is 0 Å². The van der Waals surface area contributed by atoms with Crippen molar-refractivity contribution < 1.29 is 18.7 Å². The molecular formula is C16H12FN3O3S. The zero-order valence-electron chi connectivity index (χ0n) is 12.3. The van der Waals surface area contributed by atoms with Gasteiger partial charge in [-0.1, -0.05) is 11.3 Å². The number of thiazole rings is 1. The monoisotopic (exact) mass is 345 g/mol. The normalized spacial score (nSPS) is 12.9. The first-order chi connectivity index (χ1) is 11.7. The summed E-state index contributed by atoms with van der Waals surface area (Å²) in [6, 6.07) is 8.97. The first kappa shape index (κ1) is 14.7. The molecule has 2 heterocycles. The van der Waals surface area contributed by atoms with Crippen molar-refractivity contribution in [2.75, 3.05) is 18.6 Å². The number of amides is 1. The molecule has 1 amide bonds. The van der Waals surface area contributed by atoms with Crippen LogP contribution >= 0.6 is 11.3 Å². The van der Waals surface area contributed by atoms with Crippen molar-refractivity contribution in [2.45, 2.75) is 0 Å². The second-order valence-corrected chi connectivity index (χ2v) is 6.10. The minimum Gasteiger partial charge on any atom is -0.486 e. The lowest BCUT2D eigenvalue weighted by atomic mass is 10.2. The average Bonchev–Trinajstić information content (AvgIpc) is 3.00. The molecule has 0 aliphatic carbocycles. The number of halogens is 1. The molecule has 122 valence electrons. The van der Waals surface area contributed by atoms with Crippen LogP contribution < -0.4 is 20.3 Å². The van der Waals surface area contributed by atoms with E-state index in [4.69, 9.17) is 9.47 Å². The SMILES string of the molecule is O=C(NNc1nc2cc3c(cc2s1)OCCO3)c1ccc(F)cc1. The van der Waals surface area contributed by atoms with Gasteiger partial charge in [-0.15, -0.1) is 0 Å². The van der Waals surface area contributed by atoms with Crippen molar-refractivity contribution in [1.82, 2.24) is 10.4 Å². The highest BCUT2D eigenvalue weighted by atomic mass is 32.1. The van der Waals surface area contributed by atoms with Crippen LogP contribution in [0.15, 0.2) is 36.4 Å². The molecule has 0 saturated heterocycles. The first-order valence-corrected chi connectivity index (χ1v) is 8.03. The second-order valence-electron chi connectivity index (χ2n) is 5.07. The van der Waals surface area contributed by atoms with E-state index in [1.54, 1.807) is 0 Å². The molecular weight excluding hydrogens is 333 g/mol. The third-order valence-corrected chi connectivity index (χ3v) is 4.38. The largest absolute Gasteiger partial charge is 0.486 e. The van der Waals surface area contributed by atoms with Gasteiger partial charge < -0.3 is 9.47 Å². The Bertz CT molecular complexity index is 868. The van der Waals surface area contributed by atoms with Gasteiger partial charge in [0.05, 0.1) is 10.2 Å². The van der Waals surface area contributed by atoms with Crippen molar-refractivity contribution in [3.05, 3.63) is 47.8 Å². The molecule has 4 rings (SSSR count). The van der Waals surface area contributed by atoms with E-state index in [1.807, 2.05) is 12.1 Å². The third-order valence-electron chi connectivity index (χ3n) is 3.44. The number of benzene rings is 2. The fraction of sp³-hybridized carbons (Fsp3) is 0.125. The standard InChI is InChI=1S/C16H12FN3O3S/c17-10-3-1-9(2-4-10)15(21)19-20-16-18-11-7-12-13(8-14(11)24-16)23-6-5-22-12/h1-4,7-8H,5-6H2,(H,18,20)(H,19,21). The van der Waals surface area contributed by atoms with Crippen molar-refractivity contribution in [1.29, 1.82) is 0 Å². The number of hydrogen-bond donors (Lipinski definition) is 2. The van der Waals surface area contributed by atoms with Gasteiger partial charge in [0.2, 0.25) is 5.13 Å². The van der Waals surface area contributed by atoms with E-state index >= 15 is 0 Å². The molecule has 0 bridgehead atoms. The second kappa shape index (κ2) is 5.97. The number of aromatic nitrogens is 1. The van der Waals surface area contributed by atoms with E-state index in [9.17, 15) is 9.18 Å². The number of ether oxygens (including phenoxy) is 2. The first-order valence-electron chi connectivity index (χ1n) is 7.21. The molecule has 2 N–H and O–H groups in total. The van der Waals surface area contributed by atoms with Gasteiger partial charge in [-0.05, 0) is 24.3 Å². The van der Waals surface area contributed by atoms with E-state index in [0.29, 0.717) is 35.4 Å². The Kier molecular flexibility index (Phi) is 3.66. The highest BCUT2D eigenvalue weighted by Gasteiger charge is 2.15. The Balaban J connectivity index is 1.50. The fourth-order valence-corrected chi connectivity index (χ4v) is 3.13. The van der Waals surface area contributed by atoms with Gasteiger partial charge in [0.25, 0.3) is 5.91 Å². The molecule has 0 unspecified atom stereocenters. The highest BCUT2D eigenvalue weighted by Crippen LogP contribution is 2.37. The summed E-state index contributed by atoms with van der Waals surface area (Å²) < 4.78 is 24.9. The van der Waals surface area contributed by atoms with Crippen LogP contribution in [0.2, 0.25) is 0 Å². The van der Waals surface area contributed by atoms with Crippen molar-refractivity contribution >= 4 is 32.6 Å². The van der Waals surface area contributed by atoms with E-state index in [2.05, 4.69) is 15.8 Å². The maximum absolute atomic E-state index is 12.9. The zero-order chi connectivity index (χ0) is 16.5. The lowest BCUT2D eigenvalue weighted by Gasteiger charge is -2.17. The quantitative estimate of drug-likeness (QED) is 0.714. The Hall–Kier alpha value is -2.87. The van der Waals surface area contributed by atoms with Crippen LogP contribution in [-0.4, -0.2) is 24.1 Å². The molecule has 0 radical (unpaired) electrons. The Labute approximate surface area is 140 Å². The average molecular weight is 345 g/mol. The van der Waals surface area contributed by atoms with Gasteiger partial charge in [0.1, 0.15) is 19.0 Å². The number of carbonyl (C=O) groups is 1. The maximum Gasteiger partial charge on any atom is 0.269 e. The van der Waals surface area contributed by atoms with Gasteiger partial charge >= 0.3 is 0 Å². The zero-order valence-corrected chi connectivity index (χ0v) is 13.2. The van der Waals surface area contributed by atoms with Crippen LogP contribution in [0, 0.1) is 5.82 Å². The number of rotatable bonds is 3. The molecule has 1 aliphatic heterocycles. The number of nitrogens with one attached hydrogen (secondary N) is 2. The summed E-state index contributed by atoms with van der Waals surface area (Å²) in [6.45, 7) is 1.04. The Morgan fingerprint density at radius 1 is 1.12 bits per heavy atom. The smallest absolute Gasteiger partial charge is 0.269 e. The number of nitrogens with zero attached hydrogens (tertiary/aromatic N) is 1. The molecule has 6 nitrogen and oxygen atoms in total. The molecule has 0 fully saturated rings. The fourth-order valence-electron chi connectivity index (χ4n) is 2.30. The molecule has 24 heavy (non-hydrogen) atoms. The molecule has 3 aromatic rings. The minimum absolute atomic E-state index is 0.349. The predicted octanol–water partition coefficient (Wildman–Crippen LogP) is 2.96. The molecule has 2 aromatic carbocycles. The van der Waals surface area contributed by atoms with E-state index in [-0.39, 0.29) is 11.7 Å². The van der Waals surface area contributed by atoms with Crippen LogP contribution in [0.1, 0.15) is 10.4 Å². The van der Waals surface area contributed by atoms with Crippen LogP contribution in [0.5, 0.6) is 11.5 Å². The van der Waals surface area contributed by atoms with Gasteiger partial charge in [-0.2, -0.15) is 0 Å². The van der Waals surface area contributed by atoms with E-state index in [0.717, 1.165) is 10.2 Å². The minimum atomic E-state index is -0.390. The predicted molar refractivity (Wildman–Crippen MR) is 88.1 cm³/mol. The molecule has 1 aliphatic rings. The molecule has 0 atom stereocenters. The van der Waals surface area contributed by atoms with Crippen LogP contribution in [0.25, 0.3) is 10.2 Å². The van der Waals surface area contributed by atoms with Crippen molar-refractivity contribution in [3.8, 4) is 11.5 Å². The summed E-state index contributed by atoms with van der Waals surface area (Å²) in [5.41, 5.74) is 6.41. The van der Waals surface area contributed by atoms with Gasteiger partial charge in [-0.3, -0.25) is 15.6 Å². The van der Waals surface area contributed by atoms with Gasteiger partial charge in [0, 0.05) is 17.7 Å². The lowest BCUT2D eigenvalue weighted by Crippen LogP contribution is -2.29. The summed E-state index contributed by atoms with van der Waals surface area (Å²) >= 11 is 1.38. The summed E-state index contributed by atoms with van der Waals surface area (Å²) in [6.07, 6.45) is 0. The van der Waals surface area contributed by atoms with Gasteiger partial charge in [0.15, 0.2) is 11.5 Å².